The molecule has 2 rings (SSSR count). The molecule has 0 saturated heterocycles. The fourth-order valence-electron chi connectivity index (χ4n) is 1.67. The van der Waals surface area contributed by atoms with E-state index in [4.69, 9.17) is 11.5 Å². The Morgan fingerprint density at radius 2 is 1.85 bits per heavy atom. The van der Waals surface area contributed by atoms with Gasteiger partial charge in [-0.05, 0) is 52.3 Å². The van der Waals surface area contributed by atoms with E-state index in [-0.39, 0.29) is 5.91 Å². The van der Waals surface area contributed by atoms with Gasteiger partial charge in [-0.2, -0.15) is 0 Å². The highest BCUT2D eigenvalue weighted by Gasteiger charge is 2.11. The largest absolute Gasteiger partial charge is 0.399 e. The number of amides is 2. The summed E-state index contributed by atoms with van der Waals surface area (Å²) in [6.45, 7) is 0. The molecule has 0 fully saturated rings. The molecular weight excluding hydrogens is 322 g/mol. The number of nitrogens with one attached hydrogen (secondary N) is 1. The van der Waals surface area contributed by atoms with Crippen molar-refractivity contribution in [3.05, 3.63) is 58.1 Å². The maximum Gasteiger partial charge on any atom is 0.256 e. The molecule has 0 aliphatic carbocycles. The number of primary amides is 1. The Balaban J connectivity index is 2.25. The third-order valence-electron chi connectivity index (χ3n) is 2.64. The summed E-state index contributed by atoms with van der Waals surface area (Å²) in [5.41, 5.74) is 12.6. The van der Waals surface area contributed by atoms with Gasteiger partial charge in [0.2, 0.25) is 5.91 Å². The summed E-state index contributed by atoms with van der Waals surface area (Å²) in [6.07, 6.45) is 0. The number of nitrogen functional groups attached to an aromatic ring is 1. The Bertz CT molecular complexity index is 686. The molecule has 0 bridgehead atoms. The molecule has 0 aliphatic rings. The number of benzene rings is 2. The van der Waals surface area contributed by atoms with Crippen LogP contribution in [0.2, 0.25) is 0 Å². The van der Waals surface area contributed by atoms with Crippen molar-refractivity contribution in [3.8, 4) is 0 Å². The van der Waals surface area contributed by atoms with Crippen LogP contribution < -0.4 is 16.8 Å². The van der Waals surface area contributed by atoms with Crippen molar-refractivity contribution in [3.63, 3.8) is 0 Å². The fourth-order valence-corrected chi connectivity index (χ4v) is 2.09. The quantitative estimate of drug-likeness (QED) is 0.752. The van der Waals surface area contributed by atoms with Gasteiger partial charge < -0.3 is 16.8 Å². The van der Waals surface area contributed by atoms with Crippen LogP contribution in [0.25, 0.3) is 0 Å². The molecule has 2 amide bonds. The highest BCUT2D eigenvalue weighted by Crippen LogP contribution is 2.21. The Kier molecular flexibility index (Phi) is 4.05. The first-order chi connectivity index (χ1) is 9.47. The maximum absolute atomic E-state index is 12.2. The Hall–Kier alpha value is -2.34. The average Bonchev–Trinajstić information content (AvgIpc) is 2.41. The lowest BCUT2D eigenvalue weighted by atomic mass is 10.1. The van der Waals surface area contributed by atoms with E-state index in [0.717, 1.165) is 0 Å². The Labute approximate surface area is 124 Å². The standard InChI is InChI=1S/C14H12BrN3O2/c15-12-5-4-9(16)7-11(12)14(20)18-10-3-1-2-8(6-10)13(17)19/h1-7H,16H2,(H2,17,19)(H,18,20). The first-order valence-corrected chi connectivity index (χ1v) is 6.53. The molecule has 102 valence electrons. The van der Waals surface area contributed by atoms with Crippen molar-refractivity contribution < 1.29 is 9.59 Å². The van der Waals surface area contributed by atoms with E-state index in [0.29, 0.717) is 27.0 Å². The molecule has 0 unspecified atom stereocenters. The van der Waals surface area contributed by atoms with Crippen molar-refractivity contribution in [2.75, 3.05) is 11.1 Å². The minimum absolute atomic E-state index is 0.328. The zero-order chi connectivity index (χ0) is 14.7. The van der Waals surface area contributed by atoms with Crippen LogP contribution in [-0.2, 0) is 0 Å². The van der Waals surface area contributed by atoms with Gasteiger partial charge in [-0.15, -0.1) is 0 Å². The van der Waals surface area contributed by atoms with Gasteiger partial charge in [0.25, 0.3) is 5.91 Å². The molecule has 5 N–H and O–H groups in total. The zero-order valence-electron chi connectivity index (χ0n) is 10.4. The summed E-state index contributed by atoms with van der Waals surface area (Å²) in [5.74, 6) is -0.878. The highest BCUT2D eigenvalue weighted by molar-refractivity contribution is 9.10. The zero-order valence-corrected chi connectivity index (χ0v) is 12.0. The summed E-state index contributed by atoms with van der Waals surface area (Å²) >= 11 is 3.29. The molecule has 0 saturated carbocycles. The van der Waals surface area contributed by atoms with E-state index in [1.165, 1.54) is 6.07 Å². The number of nitrogens with two attached hydrogens (primary N) is 2. The fraction of sp³-hybridized carbons (Fsp3) is 0. The number of hydrogen-bond acceptors (Lipinski definition) is 3. The molecule has 0 aliphatic heterocycles. The van der Waals surface area contributed by atoms with E-state index >= 15 is 0 Å². The number of rotatable bonds is 3. The number of halogens is 1. The Morgan fingerprint density at radius 1 is 1.10 bits per heavy atom. The molecule has 0 aromatic heterocycles. The molecule has 2 aromatic carbocycles. The van der Waals surface area contributed by atoms with Gasteiger partial charge in [-0.3, -0.25) is 9.59 Å². The minimum atomic E-state index is -0.550. The molecule has 6 heteroatoms. The summed E-state index contributed by atoms with van der Waals surface area (Å²) in [6, 6.07) is 11.4. The van der Waals surface area contributed by atoms with Crippen molar-refractivity contribution >= 4 is 39.1 Å². The van der Waals surface area contributed by atoms with Crippen LogP contribution in [0.15, 0.2) is 46.9 Å². The number of anilines is 2. The lowest BCUT2D eigenvalue weighted by Gasteiger charge is -2.08. The van der Waals surface area contributed by atoms with Crippen molar-refractivity contribution in [2.24, 2.45) is 5.73 Å². The van der Waals surface area contributed by atoms with Gasteiger partial charge in [0.05, 0.1) is 5.56 Å². The van der Waals surface area contributed by atoms with E-state index in [1.807, 2.05) is 0 Å². The van der Waals surface area contributed by atoms with Crippen LogP contribution in [0.5, 0.6) is 0 Å². The second kappa shape index (κ2) is 5.75. The van der Waals surface area contributed by atoms with Crippen LogP contribution in [0.4, 0.5) is 11.4 Å². The first kappa shape index (κ1) is 14.1. The number of carbonyl (C=O) groups excluding carboxylic acids is 2. The topological polar surface area (TPSA) is 98.2 Å². The number of hydrogen-bond donors (Lipinski definition) is 3. The molecule has 0 spiro atoms. The summed E-state index contributed by atoms with van der Waals surface area (Å²) in [4.78, 5) is 23.2. The normalized spacial score (nSPS) is 10.1. The lowest BCUT2D eigenvalue weighted by Crippen LogP contribution is -2.15. The van der Waals surface area contributed by atoms with E-state index < -0.39 is 5.91 Å². The predicted octanol–water partition coefficient (Wildman–Crippen LogP) is 2.38. The van der Waals surface area contributed by atoms with E-state index in [9.17, 15) is 9.59 Å². The van der Waals surface area contributed by atoms with Gasteiger partial charge in [0.1, 0.15) is 0 Å². The first-order valence-electron chi connectivity index (χ1n) is 5.73. The maximum atomic E-state index is 12.2. The average molecular weight is 334 g/mol. The van der Waals surface area contributed by atoms with Crippen molar-refractivity contribution in [1.29, 1.82) is 0 Å². The van der Waals surface area contributed by atoms with E-state index in [1.54, 1.807) is 36.4 Å². The molecule has 5 nitrogen and oxygen atoms in total. The molecule has 20 heavy (non-hydrogen) atoms. The predicted molar refractivity (Wildman–Crippen MR) is 81.5 cm³/mol. The second-order valence-corrected chi connectivity index (χ2v) is 4.99. The van der Waals surface area contributed by atoms with Crippen LogP contribution in [-0.4, -0.2) is 11.8 Å². The molecule has 2 aromatic rings. The molecular formula is C14H12BrN3O2. The molecule has 0 radical (unpaired) electrons. The highest BCUT2D eigenvalue weighted by atomic mass is 79.9. The van der Waals surface area contributed by atoms with E-state index in [2.05, 4.69) is 21.2 Å². The number of carbonyl (C=O) groups is 2. The van der Waals surface area contributed by atoms with Crippen molar-refractivity contribution in [1.82, 2.24) is 0 Å². The van der Waals surface area contributed by atoms with Crippen LogP contribution >= 0.6 is 15.9 Å². The summed E-state index contributed by atoms with van der Waals surface area (Å²) in [5, 5.41) is 2.69. The van der Waals surface area contributed by atoms with Gasteiger partial charge in [-0.25, -0.2) is 0 Å². The SMILES string of the molecule is NC(=O)c1cccc(NC(=O)c2cc(N)ccc2Br)c1. The van der Waals surface area contributed by atoms with Crippen LogP contribution in [0.1, 0.15) is 20.7 Å². The minimum Gasteiger partial charge on any atom is -0.399 e. The third kappa shape index (κ3) is 3.16. The van der Waals surface area contributed by atoms with Gasteiger partial charge >= 0.3 is 0 Å². The van der Waals surface area contributed by atoms with Gasteiger partial charge in [-0.1, -0.05) is 6.07 Å². The van der Waals surface area contributed by atoms with Crippen LogP contribution in [0.3, 0.4) is 0 Å². The van der Waals surface area contributed by atoms with Gasteiger partial charge in [0, 0.05) is 21.4 Å². The van der Waals surface area contributed by atoms with Gasteiger partial charge in [0.15, 0.2) is 0 Å². The second-order valence-electron chi connectivity index (χ2n) is 4.14. The molecule has 0 atom stereocenters. The molecule has 0 heterocycles. The van der Waals surface area contributed by atoms with Crippen LogP contribution in [0, 0.1) is 0 Å². The summed E-state index contributed by atoms with van der Waals surface area (Å²) < 4.78 is 0.634. The smallest absolute Gasteiger partial charge is 0.256 e. The summed E-state index contributed by atoms with van der Waals surface area (Å²) in [7, 11) is 0. The Morgan fingerprint density at radius 3 is 2.55 bits per heavy atom. The monoisotopic (exact) mass is 333 g/mol. The lowest BCUT2D eigenvalue weighted by molar-refractivity contribution is 0.0996. The third-order valence-corrected chi connectivity index (χ3v) is 3.33. The van der Waals surface area contributed by atoms with Crippen molar-refractivity contribution in [2.45, 2.75) is 0 Å².